The highest BCUT2D eigenvalue weighted by Crippen LogP contribution is 2.18. The van der Waals surface area contributed by atoms with Crippen LogP contribution in [0.5, 0.6) is 11.5 Å². The molecule has 1 amide bonds. The summed E-state index contributed by atoms with van der Waals surface area (Å²) in [5.41, 5.74) is 2.40. The minimum Gasteiger partial charge on any atom is -0.492 e. The monoisotopic (exact) mass is 424 g/mol. The molecule has 2 aromatic rings. The molecule has 0 unspecified atom stereocenters. The smallest absolute Gasteiger partial charge is 0.258 e. The molecule has 0 aromatic heterocycles. The van der Waals surface area contributed by atoms with Crippen LogP contribution in [0.2, 0.25) is 0 Å². The van der Waals surface area contributed by atoms with Gasteiger partial charge in [0.2, 0.25) is 0 Å². The predicted octanol–water partition coefficient (Wildman–Crippen LogP) is 2.44. The van der Waals surface area contributed by atoms with Crippen LogP contribution < -0.4 is 25.4 Å². The van der Waals surface area contributed by atoms with Gasteiger partial charge in [-0.3, -0.25) is 9.79 Å². The van der Waals surface area contributed by atoms with Crippen molar-refractivity contribution in [3.63, 3.8) is 0 Å². The molecule has 1 aliphatic carbocycles. The number of amides is 1. The van der Waals surface area contributed by atoms with Gasteiger partial charge < -0.3 is 25.4 Å². The molecule has 3 rings (SSSR count). The third-order valence-corrected chi connectivity index (χ3v) is 4.85. The van der Waals surface area contributed by atoms with Crippen LogP contribution in [0.15, 0.2) is 53.5 Å². The number of carbonyl (C=O) groups excluding carboxylic acids is 1. The largest absolute Gasteiger partial charge is 0.492 e. The number of nitrogens with zero attached hydrogens (tertiary/aromatic N) is 1. The first-order valence-electron chi connectivity index (χ1n) is 10.8. The maximum Gasteiger partial charge on any atom is 0.258 e. The molecule has 0 atom stereocenters. The van der Waals surface area contributed by atoms with Gasteiger partial charge in [0.05, 0.1) is 6.54 Å². The van der Waals surface area contributed by atoms with E-state index in [1.807, 2.05) is 48.5 Å². The molecule has 1 saturated carbocycles. The molecule has 0 aliphatic heterocycles. The Bertz CT molecular complexity index is 846. The van der Waals surface area contributed by atoms with E-state index in [9.17, 15) is 4.79 Å². The maximum atomic E-state index is 11.7. The Balaban J connectivity index is 1.28. The van der Waals surface area contributed by atoms with Gasteiger partial charge in [0.25, 0.3) is 5.91 Å². The predicted molar refractivity (Wildman–Crippen MR) is 123 cm³/mol. The van der Waals surface area contributed by atoms with Crippen molar-refractivity contribution >= 4 is 11.9 Å². The summed E-state index contributed by atoms with van der Waals surface area (Å²) < 4.78 is 11.3. The summed E-state index contributed by atoms with van der Waals surface area (Å²) in [6.45, 7) is 4.09. The summed E-state index contributed by atoms with van der Waals surface area (Å²) in [4.78, 5) is 15.9. The van der Waals surface area contributed by atoms with Gasteiger partial charge in [-0.1, -0.05) is 29.8 Å². The summed E-state index contributed by atoms with van der Waals surface area (Å²) in [5.74, 6) is 2.26. The second-order valence-electron chi connectivity index (χ2n) is 7.61. The van der Waals surface area contributed by atoms with Crippen molar-refractivity contribution in [3.8, 4) is 11.5 Å². The maximum absolute atomic E-state index is 11.7. The van der Waals surface area contributed by atoms with Crippen molar-refractivity contribution < 1.29 is 14.3 Å². The lowest BCUT2D eigenvalue weighted by Gasteiger charge is -2.13. The normalized spacial score (nSPS) is 13.4. The number of guanidine groups is 1. The second kappa shape index (κ2) is 11.8. The van der Waals surface area contributed by atoms with Crippen molar-refractivity contribution in [2.24, 2.45) is 4.99 Å². The van der Waals surface area contributed by atoms with Crippen LogP contribution in [0.4, 0.5) is 0 Å². The number of hydrogen-bond donors (Lipinski definition) is 3. The molecule has 7 heteroatoms. The zero-order valence-electron chi connectivity index (χ0n) is 18.3. The average molecular weight is 425 g/mol. The van der Waals surface area contributed by atoms with E-state index in [-0.39, 0.29) is 12.5 Å². The van der Waals surface area contributed by atoms with E-state index in [0.29, 0.717) is 24.9 Å². The molecule has 31 heavy (non-hydrogen) atoms. The summed E-state index contributed by atoms with van der Waals surface area (Å²) in [7, 11) is 1.75. The van der Waals surface area contributed by atoms with E-state index in [0.717, 1.165) is 37.5 Å². The molecule has 0 heterocycles. The Hall–Kier alpha value is -3.22. The van der Waals surface area contributed by atoms with Crippen LogP contribution in [0, 0.1) is 6.92 Å². The molecular formula is C24H32N4O3. The third kappa shape index (κ3) is 8.58. The Morgan fingerprint density at radius 1 is 0.968 bits per heavy atom. The summed E-state index contributed by atoms with van der Waals surface area (Å²) in [6, 6.07) is 16.2. The molecule has 2 aromatic carbocycles. The molecule has 0 radical (unpaired) electrons. The van der Waals surface area contributed by atoms with Crippen molar-refractivity contribution in [1.29, 1.82) is 0 Å². The van der Waals surface area contributed by atoms with E-state index in [2.05, 4.69) is 27.9 Å². The van der Waals surface area contributed by atoms with Crippen LogP contribution >= 0.6 is 0 Å². The topological polar surface area (TPSA) is 84.0 Å². The number of nitrogens with one attached hydrogen (secondary N) is 3. The van der Waals surface area contributed by atoms with Gasteiger partial charge in [-0.25, -0.2) is 0 Å². The highest BCUT2D eigenvalue weighted by atomic mass is 16.5. The van der Waals surface area contributed by atoms with Crippen LogP contribution in [0.25, 0.3) is 0 Å². The fraction of sp³-hybridized carbons (Fsp3) is 0.417. The van der Waals surface area contributed by atoms with E-state index in [1.54, 1.807) is 7.05 Å². The highest BCUT2D eigenvalue weighted by molar-refractivity contribution is 5.79. The molecule has 1 aliphatic rings. The molecular weight excluding hydrogens is 392 g/mol. The molecule has 3 N–H and O–H groups in total. The Labute approximate surface area is 184 Å². The van der Waals surface area contributed by atoms with Crippen LogP contribution in [0.1, 0.15) is 24.0 Å². The van der Waals surface area contributed by atoms with E-state index < -0.39 is 0 Å². The Kier molecular flexibility index (Phi) is 8.58. The minimum absolute atomic E-state index is 0.0566. The lowest BCUT2D eigenvalue weighted by molar-refractivity contribution is -0.123. The van der Waals surface area contributed by atoms with Crippen molar-refractivity contribution in [2.75, 3.05) is 33.4 Å². The molecule has 1 fully saturated rings. The quantitative estimate of drug-likeness (QED) is 0.293. The third-order valence-electron chi connectivity index (χ3n) is 4.85. The first-order valence-corrected chi connectivity index (χ1v) is 10.8. The zero-order valence-corrected chi connectivity index (χ0v) is 18.3. The number of rotatable bonds is 11. The SMILES string of the molecule is CN=C(NCCOc1ccc(C)cc1)NCCc1ccc(OCC(=O)NC2CC2)cc1. The first-order chi connectivity index (χ1) is 15.1. The van der Waals surface area contributed by atoms with Crippen molar-refractivity contribution in [3.05, 3.63) is 59.7 Å². The molecule has 0 spiro atoms. The Morgan fingerprint density at radius 3 is 2.29 bits per heavy atom. The first kappa shape index (κ1) is 22.5. The van der Waals surface area contributed by atoms with Gasteiger partial charge in [-0.15, -0.1) is 0 Å². The number of aliphatic imine (C=N–C) groups is 1. The number of hydrogen-bond acceptors (Lipinski definition) is 4. The number of carbonyl (C=O) groups is 1. The number of benzene rings is 2. The standard InChI is InChI=1S/C24H32N4O3/c1-18-3-9-21(10-4-18)30-16-15-27-24(25-2)26-14-13-19-5-11-22(12-6-19)31-17-23(29)28-20-7-8-20/h3-6,9-12,20H,7-8,13-17H2,1-2H3,(H,28,29)(H2,25,26,27). The molecule has 0 bridgehead atoms. The van der Waals surface area contributed by atoms with Gasteiger partial charge in [0, 0.05) is 19.6 Å². The molecule has 166 valence electrons. The lowest BCUT2D eigenvalue weighted by Crippen LogP contribution is -2.40. The van der Waals surface area contributed by atoms with Gasteiger partial charge in [-0.05, 0) is 56.0 Å². The van der Waals surface area contributed by atoms with Crippen LogP contribution in [0.3, 0.4) is 0 Å². The van der Waals surface area contributed by atoms with E-state index in [4.69, 9.17) is 9.47 Å². The molecule has 7 nitrogen and oxygen atoms in total. The van der Waals surface area contributed by atoms with E-state index >= 15 is 0 Å². The lowest BCUT2D eigenvalue weighted by atomic mass is 10.1. The summed E-state index contributed by atoms with van der Waals surface area (Å²) >= 11 is 0. The van der Waals surface area contributed by atoms with Crippen molar-refractivity contribution in [2.45, 2.75) is 32.2 Å². The van der Waals surface area contributed by atoms with Gasteiger partial charge in [0.15, 0.2) is 12.6 Å². The average Bonchev–Trinajstić information content (AvgIpc) is 3.60. The number of ether oxygens (including phenoxy) is 2. The highest BCUT2D eigenvalue weighted by Gasteiger charge is 2.23. The van der Waals surface area contributed by atoms with Crippen LogP contribution in [-0.4, -0.2) is 51.3 Å². The summed E-state index contributed by atoms with van der Waals surface area (Å²) in [5, 5.41) is 9.46. The fourth-order valence-corrected chi connectivity index (χ4v) is 2.92. The van der Waals surface area contributed by atoms with E-state index in [1.165, 1.54) is 11.1 Å². The van der Waals surface area contributed by atoms with Crippen LogP contribution in [-0.2, 0) is 11.2 Å². The summed E-state index contributed by atoms with van der Waals surface area (Å²) in [6.07, 6.45) is 3.01. The van der Waals surface area contributed by atoms with Crippen molar-refractivity contribution in [1.82, 2.24) is 16.0 Å². The van der Waals surface area contributed by atoms with Gasteiger partial charge in [0.1, 0.15) is 18.1 Å². The fourth-order valence-electron chi connectivity index (χ4n) is 2.92. The second-order valence-corrected chi connectivity index (χ2v) is 7.61. The van der Waals surface area contributed by atoms with Gasteiger partial charge in [-0.2, -0.15) is 0 Å². The Morgan fingerprint density at radius 2 is 1.61 bits per heavy atom. The number of aryl methyl sites for hydroxylation is 1. The molecule has 0 saturated heterocycles. The van der Waals surface area contributed by atoms with Gasteiger partial charge >= 0.3 is 0 Å². The zero-order chi connectivity index (χ0) is 21.9. The minimum atomic E-state index is -0.0566.